The number of aryl methyl sites for hydroxylation is 1. The van der Waals surface area contributed by atoms with E-state index in [0.29, 0.717) is 10.7 Å². The zero-order valence-corrected chi connectivity index (χ0v) is 15.7. The van der Waals surface area contributed by atoms with Crippen molar-refractivity contribution in [3.8, 4) is 10.6 Å². The molecule has 0 unspecified atom stereocenters. The van der Waals surface area contributed by atoms with E-state index in [1.165, 1.54) is 0 Å². The topological polar surface area (TPSA) is 90.4 Å². The number of amides is 1. The summed E-state index contributed by atoms with van der Waals surface area (Å²) >= 11 is 1.09. The first kappa shape index (κ1) is 18.9. The molecule has 0 saturated carbocycles. The molecule has 0 aliphatic heterocycles. The highest BCUT2D eigenvalue weighted by Gasteiger charge is 2.18. The van der Waals surface area contributed by atoms with Gasteiger partial charge in [-0.3, -0.25) is 5.32 Å². The van der Waals surface area contributed by atoms with Gasteiger partial charge in [0.1, 0.15) is 10.6 Å². The quantitative estimate of drug-likeness (QED) is 0.825. The predicted molar refractivity (Wildman–Crippen MR) is 95.9 cm³/mol. The number of rotatable bonds is 4. The second kappa shape index (κ2) is 7.60. The lowest BCUT2D eigenvalue weighted by Gasteiger charge is -2.20. The minimum atomic E-state index is -0.580. The summed E-state index contributed by atoms with van der Waals surface area (Å²) in [5.41, 5.74) is 1.65. The molecule has 8 heteroatoms. The molecule has 0 atom stereocenters. The maximum absolute atomic E-state index is 12.0. The number of carbonyl (C=O) groups excluding carboxylic acids is 2. The van der Waals surface area contributed by atoms with Crippen LogP contribution < -0.4 is 5.32 Å². The molecule has 1 N–H and O–H groups in total. The summed E-state index contributed by atoms with van der Waals surface area (Å²) in [5.74, 6) is -0.520. The molecule has 0 aliphatic rings. The molecule has 7 nitrogen and oxygen atoms in total. The second-order valence-electron chi connectivity index (χ2n) is 6.30. The van der Waals surface area contributed by atoms with Crippen LogP contribution in [0.15, 0.2) is 18.2 Å². The summed E-state index contributed by atoms with van der Waals surface area (Å²) in [4.78, 5) is 27.8. The lowest BCUT2D eigenvalue weighted by atomic mass is 10.1. The maximum atomic E-state index is 12.0. The number of benzene rings is 1. The van der Waals surface area contributed by atoms with Gasteiger partial charge < -0.3 is 9.47 Å². The Balaban J connectivity index is 2.21. The SMILES string of the molecule is CCOC(=O)c1nsc(-c2ccc(C)c(NC(=O)OC(C)(C)C)c2)n1. The molecule has 1 aromatic heterocycles. The van der Waals surface area contributed by atoms with Crippen LogP contribution in [0.2, 0.25) is 0 Å². The molecule has 2 rings (SSSR count). The fourth-order valence-corrected chi connectivity index (χ4v) is 2.57. The number of anilines is 1. The summed E-state index contributed by atoms with van der Waals surface area (Å²) in [6.07, 6.45) is -0.530. The molecule has 0 spiro atoms. The first-order valence-corrected chi connectivity index (χ1v) is 8.59. The third-order valence-electron chi connectivity index (χ3n) is 3.00. The van der Waals surface area contributed by atoms with Crippen molar-refractivity contribution in [1.82, 2.24) is 9.36 Å². The van der Waals surface area contributed by atoms with Gasteiger partial charge in [0.2, 0.25) is 0 Å². The largest absolute Gasteiger partial charge is 0.460 e. The lowest BCUT2D eigenvalue weighted by molar-refractivity contribution is 0.0513. The molecule has 0 bridgehead atoms. The van der Waals surface area contributed by atoms with Crippen molar-refractivity contribution < 1.29 is 19.1 Å². The van der Waals surface area contributed by atoms with E-state index in [-0.39, 0.29) is 12.4 Å². The molecule has 1 heterocycles. The number of hydrogen-bond acceptors (Lipinski definition) is 7. The minimum absolute atomic E-state index is 0.0316. The van der Waals surface area contributed by atoms with Crippen LogP contribution in [-0.4, -0.2) is 33.6 Å². The molecule has 0 aliphatic carbocycles. The van der Waals surface area contributed by atoms with Crippen LogP contribution in [0.25, 0.3) is 10.6 Å². The van der Waals surface area contributed by atoms with Crippen LogP contribution in [0.4, 0.5) is 10.5 Å². The molecule has 0 fully saturated rings. The van der Waals surface area contributed by atoms with Gasteiger partial charge in [0.05, 0.1) is 6.61 Å². The average Bonchev–Trinajstić information content (AvgIpc) is 2.98. The second-order valence-corrected chi connectivity index (χ2v) is 7.05. The van der Waals surface area contributed by atoms with E-state index < -0.39 is 17.7 Å². The van der Waals surface area contributed by atoms with Crippen LogP contribution in [0, 0.1) is 6.92 Å². The van der Waals surface area contributed by atoms with Crippen molar-refractivity contribution in [3.63, 3.8) is 0 Å². The number of esters is 1. The number of ether oxygens (including phenoxy) is 2. The molecular formula is C17H21N3O4S. The number of nitrogens with one attached hydrogen (secondary N) is 1. The van der Waals surface area contributed by atoms with Crippen molar-refractivity contribution in [1.29, 1.82) is 0 Å². The summed E-state index contributed by atoms with van der Waals surface area (Å²) in [7, 11) is 0. The number of aromatic nitrogens is 2. The van der Waals surface area contributed by atoms with Gasteiger partial charge in [0.15, 0.2) is 0 Å². The van der Waals surface area contributed by atoms with Crippen LogP contribution in [0.3, 0.4) is 0 Å². The van der Waals surface area contributed by atoms with Crippen LogP contribution in [0.5, 0.6) is 0 Å². The summed E-state index contributed by atoms with van der Waals surface area (Å²) in [6.45, 7) is 9.26. The monoisotopic (exact) mass is 363 g/mol. The van der Waals surface area contributed by atoms with Crippen molar-refractivity contribution in [3.05, 3.63) is 29.6 Å². The Kier molecular flexibility index (Phi) is 5.73. The van der Waals surface area contributed by atoms with Crippen molar-refractivity contribution in [2.24, 2.45) is 0 Å². The molecular weight excluding hydrogens is 342 g/mol. The molecule has 1 aromatic carbocycles. The Morgan fingerprint density at radius 2 is 2.00 bits per heavy atom. The van der Waals surface area contributed by atoms with Gasteiger partial charge >= 0.3 is 12.1 Å². The van der Waals surface area contributed by atoms with Gasteiger partial charge in [-0.05, 0) is 57.8 Å². The third-order valence-corrected chi connectivity index (χ3v) is 3.77. The lowest BCUT2D eigenvalue weighted by Crippen LogP contribution is -2.27. The Morgan fingerprint density at radius 3 is 2.64 bits per heavy atom. The highest BCUT2D eigenvalue weighted by Crippen LogP contribution is 2.27. The van der Waals surface area contributed by atoms with Gasteiger partial charge in [0.25, 0.3) is 5.82 Å². The smallest absolute Gasteiger partial charge is 0.412 e. The average molecular weight is 363 g/mol. The van der Waals surface area contributed by atoms with Gasteiger partial charge in [-0.1, -0.05) is 12.1 Å². The number of hydrogen-bond donors (Lipinski definition) is 1. The third kappa shape index (κ3) is 5.25. The van der Waals surface area contributed by atoms with Crippen LogP contribution in [0.1, 0.15) is 43.9 Å². The summed E-state index contributed by atoms with van der Waals surface area (Å²) < 4.78 is 14.2. The molecule has 134 valence electrons. The minimum Gasteiger partial charge on any atom is -0.460 e. The Bertz CT molecular complexity index is 780. The van der Waals surface area contributed by atoms with E-state index in [9.17, 15) is 9.59 Å². The van der Waals surface area contributed by atoms with Gasteiger partial charge in [-0.2, -0.15) is 4.37 Å². The molecule has 0 saturated heterocycles. The van der Waals surface area contributed by atoms with Gasteiger partial charge in [-0.25, -0.2) is 14.6 Å². The van der Waals surface area contributed by atoms with E-state index in [1.54, 1.807) is 33.8 Å². The Labute approximate surface area is 150 Å². The predicted octanol–water partition coefficient (Wildman–Crippen LogP) is 4.04. The van der Waals surface area contributed by atoms with E-state index in [0.717, 1.165) is 22.7 Å². The standard InChI is InChI=1S/C17H21N3O4S/c1-6-23-15(21)13-19-14(25-20-13)11-8-7-10(2)12(9-11)18-16(22)24-17(3,4)5/h7-9H,6H2,1-5H3,(H,18,22). The highest BCUT2D eigenvalue weighted by molar-refractivity contribution is 7.09. The number of carbonyl (C=O) groups is 2. The Morgan fingerprint density at radius 1 is 1.28 bits per heavy atom. The van der Waals surface area contributed by atoms with Crippen molar-refractivity contribution in [2.75, 3.05) is 11.9 Å². The summed E-state index contributed by atoms with van der Waals surface area (Å²) in [6, 6.07) is 5.48. The first-order chi connectivity index (χ1) is 11.7. The number of nitrogens with zero attached hydrogens (tertiary/aromatic N) is 2. The van der Waals surface area contributed by atoms with Gasteiger partial charge in [0, 0.05) is 11.3 Å². The van der Waals surface area contributed by atoms with E-state index >= 15 is 0 Å². The highest BCUT2D eigenvalue weighted by atomic mass is 32.1. The van der Waals surface area contributed by atoms with E-state index in [1.807, 2.05) is 19.1 Å². The van der Waals surface area contributed by atoms with Gasteiger partial charge in [-0.15, -0.1) is 0 Å². The Hall–Kier alpha value is -2.48. The van der Waals surface area contributed by atoms with Crippen LogP contribution >= 0.6 is 11.5 Å². The molecule has 0 radical (unpaired) electrons. The fourth-order valence-electron chi connectivity index (χ4n) is 1.92. The molecule has 25 heavy (non-hydrogen) atoms. The summed E-state index contributed by atoms with van der Waals surface area (Å²) in [5, 5.41) is 3.30. The maximum Gasteiger partial charge on any atom is 0.412 e. The van der Waals surface area contributed by atoms with Crippen molar-refractivity contribution >= 4 is 29.3 Å². The normalized spacial score (nSPS) is 11.1. The first-order valence-electron chi connectivity index (χ1n) is 7.81. The zero-order valence-electron chi connectivity index (χ0n) is 14.9. The van der Waals surface area contributed by atoms with E-state index in [4.69, 9.17) is 9.47 Å². The zero-order chi connectivity index (χ0) is 18.6. The molecule has 1 amide bonds. The fraction of sp³-hybridized carbons (Fsp3) is 0.412. The van der Waals surface area contributed by atoms with E-state index in [2.05, 4.69) is 14.7 Å². The van der Waals surface area contributed by atoms with Crippen molar-refractivity contribution in [2.45, 2.75) is 40.2 Å². The van der Waals surface area contributed by atoms with Crippen LogP contribution in [-0.2, 0) is 9.47 Å². The molecule has 2 aromatic rings.